The predicted octanol–water partition coefficient (Wildman–Crippen LogP) is 5.48. The maximum atomic E-state index is 12.9. The minimum atomic E-state index is -0.265. The first-order valence-electron chi connectivity index (χ1n) is 6.04. The van der Waals surface area contributed by atoms with E-state index in [0.29, 0.717) is 5.69 Å². The number of azide groups is 1. The molecular formula is C16H12FN3. The van der Waals surface area contributed by atoms with Gasteiger partial charge in [-0.3, -0.25) is 0 Å². The van der Waals surface area contributed by atoms with E-state index in [2.05, 4.69) is 15.8 Å². The quantitative estimate of drug-likeness (QED) is 0.305. The molecular weight excluding hydrogens is 253 g/mol. The second kappa shape index (κ2) is 6.39. The lowest BCUT2D eigenvalue weighted by Crippen LogP contribution is -1.79. The van der Waals surface area contributed by atoms with E-state index < -0.39 is 0 Å². The van der Waals surface area contributed by atoms with E-state index in [0.717, 1.165) is 16.7 Å². The minimum Gasteiger partial charge on any atom is -0.207 e. The largest absolute Gasteiger partial charge is 0.207 e. The Hall–Kier alpha value is -2.80. The van der Waals surface area contributed by atoms with Crippen molar-refractivity contribution in [1.29, 1.82) is 0 Å². The summed E-state index contributed by atoms with van der Waals surface area (Å²) in [6, 6.07) is 13.5. The molecule has 0 unspecified atom stereocenters. The molecule has 2 aromatic carbocycles. The number of benzene rings is 2. The van der Waals surface area contributed by atoms with E-state index in [1.807, 2.05) is 19.1 Å². The van der Waals surface area contributed by atoms with Crippen LogP contribution < -0.4 is 0 Å². The molecule has 98 valence electrons. The summed E-state index contributed by atoms with van der Waals surface area (Å²) in [4.78, 5) is 2.79. The van der Waals surface area contributed by atoms with Crippen LogP contribution in [0.15, 0.2) is 59.4 Å². The number of hydrogen-bond donors (Lipinski definition) is 0. The maximum Gasteiger partial charge on any atom is 0.123 e. The lowest BCUT2D eigenvalue weighted by atomic mass is 10.1. The summed E-state index contributed by atoms with van der Waals surface area (Å²) in [7, 11) is 0. The fourth-order valence-corrected chi connectivity index (χ4v) is 1.72. The second-order valence-corrected chi connectivity index (χ2v) is 4.17. The lowest BCUT2D eigenvalue weighted by molar-refractivity contribution is 0.627. The fraction of sp³-hybridized carbons (Fsp3) is 0.0625. The molecule has 0 saturated carbocycles. The molecule has 0 aliphatic heterocycles. The molecule has 2 aromatic rings. The Labute approximate surface area is 116 Å². The first-order chi connectivity index (χ1) is 9.70. The lowest BCUT2D eigenvalue weighted by Gasteiger charge is -1.99. The Morgan fingerprint density at radius 3 is 2.60 bits per heavy atom. The molecule has 0 spiro atoms. The Balaban J connectivity index is 2.39. The average Bonchev–Trinajstić information content (AvgIpc) is 2.47. The van der Waals surface area contributed by atoms with Gasteiger partial charge in [-0.15, -0.1) is 5.73 Å². The van der Waals surface area contributed by atoms with Crippen molar-refractivity contribution in [3.63, 3.8) is 0 Å². The molecule has 0 aliphatic rings. The van der Waals surface area contributed by atoms with Crippen LogP contribution in [0.1, 0.15) is 18.1 Å². The van der Waals surface area contributed by atoms with Gasteiger partial charge >= 0.3 is 0 Å². The summed E-state index contributed by atoms with van der Waals surface area (Å²) in [6.07, 6.45) is 1.75. The topological polar surface area (TPSA) is 48.8 Å². The molecule has 3 nitrogen and oxygen atoms in total. The third-order valence-electron chi connectivity index (χ3n) is 2.81. The summed E-state index contributed by atoms with van der Waals surface area (Å²) in [5.74, 6) is -0.265. The first kappa shape index (κ1) is 13.6. The zero-order chi connectivity index (χ0) is 14.4. The van der Waals surface area contributed by atoms with Crippen LogP contribution in [-0.4, -0.2) is 0 Å². The molecule has 0 heterocycles. The van der Waals surface area contributed by atoms with Crippen LogP contribution in [-0.2, 0) is 0 Å². The molecule has 0 fully saturated rings. The highest BCUT2D eigenvalue weighted by molar-refractivity contribution is 5.70. The number of rotatable bonds is 3. The normalized spacial score (nSPS) is 9.30. The molecule has 0 bridgehead atoms. The van der Waals surface area contributed by atoms with Crippen molar-refractivity contribution in [3.8, 4) is 0 Å². The zero-order valence-corrected chi connectivity index (χ0v) is 10.9. The Kier molecular flexibility index (Phi) is 4.35. The average molecular weight is 265 g/mol. The summed E-state index contributed by atoms with van der Waals surface area (Å²) in [6.45, 7) is 1.89. The molecule has 0 amide bonds. The first-order valence-corrected chi connectivity index (χ1v) is 6.04. The molecule has 0 saturated heterocycles. The predicted molar refractivity (Wildman–Crippen MR) is 78.7 cm³/mol. The van der Waals surface area contributed by atoms with Gasteiger partial charge < -0.3 is 0 Å². The van der Waals surface area contributed by atoms with Crippen molar-refractivity contribution in [3.05, 3.63) is 81.6 Å². The van der Waals surface area contributed by atoms with Crippen molar-refractivity contribution in [2.75, 3.05) is 0 Å². The number of hydrogen-bond acceptors (Lipinski definition) is 1. The van der Waals surface area contributed by atoms with Gasteiger partial charge in [0.2, 0.25) is 0 Å². The van der Waals surface area contributed by atoms with Crippen LogP contribution in [0.4, 0.5) is 10.1 Å². The van der Waals surface area contributed by atoms with Crippen molar-refractivity contribution in [2.45, 2.75) is 6.92 Å². The highest BCUT2D eigenvalue weighted by Crippen LogP contribution is 2.21. The van der Waals surface area contributed by atoms with Gasteiger partial charge in [0, 0.05) is 10.6 Å². The third kappa shape index (κ3) is 3.36. The molecule has 20 heavy (non-hydrogen) atoms. The Morgan fingerprint density at radius 2 is 1.90 bits per heavy atom. The Bertz CT molecular complexity index is 720. The van der Waals surface area contributed by atoms with Crippen LogP contribution in [0.2, 0.25) is 0 Å². The molecule has 2 rings (SSSR count). The van der Waals surface area contributed by atoms with Crippen molar-refractivity contribution in [2.24, 2.45) is 5.11 Å². The van der Waals surface area contributed by atoms with Crippen molar-refractivity contribution < 1.29 is 4.39 Å². The molecule has 0 atom stereocenters. The molecule has 0 aliphatic carbocycles. The van der Waals surface area contributed by atoms with Crippen LogP contribution in [0.5, 0.6) is 0 Å². The molecule has 0 radical (unpaired) electrons. The van der Waals surface area contributed by atoms with Crippen molar-refractivity contribution in [1.82, 2.24) is 0 Å². The van der Waals surface area contributed by atoms with Gasteiger partial charge in [0.1, 0.15) is 5.82 Å². The van der Waals surface area contributed by atoms with Crippen LogP contribution in [0, 0.1) is 5.82 Å². The highest BCUT2D eigenvalue weighted by atomic mass is 19.1. The Morgan fingerprint density at radius 1 is 1.20 bits per heavy atom. The van der Waals surface area contributed by atoms with E-state index in [1.54, 1.807) is 30.3 Å². The third-order valence-corrected chi connectivity index (χ3v) is 2.81. The van der Waals surface area contributed by atoms with Crippen LogP contribution in [0.3, 0.4) is 0 Å². The minimum absolute atomic E-state index is 0.265. The van der Waals surface area contributed by atoms with E-state index in [9.17, 15) is 4.39 Å². The van der Waals surface area contributed by atoms with E-state index in [4.69, 9.17) is 5.53 Å². The smallest absolute Gasteiger partial charge is 0.123 e. The summed E-state index contributed by atoms with van der Waals surface area (Å²) in [5, 5.41) is 3.62. The van der Waals surface area contributed by atoms with Crippen LogP contribution >= 0.6 is 0 Å². The van der Waals surface area contributed by atoms with Gasteiger partial charge in [-0.2, -0.15) is 0 Å². The summed E-state index contributed by atoms with van der Waals surface area (Å²) >= 11 is 0. The number of nitrogens with zero attached hydrogens (tertiary/aromatic N) is 3. The SMILES string of the molecule is CC(=C=Cc1ccccc1N=[N+]=[N-])c1ccc(F)cc1. The van der Waals surface area contributed by atoms with E-state index in [-0.39, 0.29) is 5.82 Å². The van der Waals surface area contributed by atoms with Crippen molar-refractivity contribution >= 4 is 17.3 Å². The highest BCUT2D eigenvalue weighted by Gasteiger charge is 1.96. The maximum absolute atomic E-state index is 12.9. The number of allylic oxidation sites excluding steroid dienone is 1. The van der Waals surface area contributed by atoms with E-state index >= 15 is 0 Å². The summed E-state index contributed by atoms with van der Waals surface area (Å²) < 4.78 is 12.9. The zero-order valence-electron chi connectivity index (χ0n) is 10.9. The van der Waals surface area contributed by atoms with Gasteiger partial charge in [-0.25, -0.2) is 4.39 Å². The van der Waals surface area contributed by atoms with Gasteiger partial charge in [0.15, 0.2) is 0 Å². The molecule has 0 N–H and O–H groups in total. The van der Waals surface area contributed by atoms with Gasteiger partial charge in [-0.1, -0.05) is 41.5 Å². The second-order valence-electron chi connectivity index (χ2n) is 4.17. The van der Waals surface area contributed by atoms with Gasteiger partial charge in [-0.05, 0) is 47.4 Å². The molecule has 4 heteroatoms. The van der Waals surface area contributed by atoms with Gasteiger partial charge in [0.05, 0.1) is 0 Å². The van der Waals surface area contributed by atoms with Gasteiger partial charge in [0.25, 0.3) is 0 Å². The summed E-state index contributed by atoms with van der Waals surface area (Å²) in [5.41, 5.74) is 14.7. The number of halogens is 1. The monoisotopic (exact) mass is 265 g/mol. The fourth-order valence-electron chi connectivity index (χ4n) is 1.72. The standard InChI is InChI=1S/C16H12FN3/c1-12(13-8-10-15(17)11-9-13)6-7-14-4-2-3-5-16(14)19-20-18/h2-5,7-11H,1H3. The van der Waals surface area contributed by atoms with E-state index in [1.165, 1.54) is 12.1 Å². The van der Waals surface area contributed by atoms with Crippen LogP contribution in [0.25, 0.3) is 22.1 Å². The molecule has 0 aromatic heterocycles.